The highest BCUT2D eigenvalue weighted by molar-refractivity contribution is 9.10. The molecule has 102 valence electrons. The molecule has 0 aliphatic heterocycles. The summed E-state index contributed by atoms with van der Waals surface area (Å²) in [5.74, 6) is 0.373. The molecule has 18 heavy (non-hydrogen) atoms. The van der Waals surface area contributed by atoms with E-state index in [0.29, 0.717) is 12.5 Å². The molecule has 0 aliphatic rings. The molecule has 0 bridgehead atoms. The third-order valence-electron chi connectivity index (χ3n) is 2.76. The first-order valence-corrected chi connectivity index (χ1v) is 6.66. The maximum Gasteiger partial charge on any atom is 0.233 e. The van der Waals surface area contributed by atoms with Crippen LogP contribution < -0.4 is 11.1 Å². The number of nitrogens with one attached hydrogen (secondary N) is 1. The molecule has 1 atom stereocenters. The largest absolute Gasteiger partial charge is 0.355 e. The lowest BCUT2D eigenvalue weighted by Gasteiger charge is -2.15. The first kappa shape index (κ1) is 17.4. The Kier molecular flexibility index (Phi) is 9.06. The number of carbonyl (C=O) groups excluding carboxylic acids is 1. The fraction of sp³-hybridized carbons (Fsp3) is 0.462. The van der Waals surface area contributed by atoms with E-state index < -0.39 is 0 Å². The average Bonchev–Trinajstić information content (AvgIpc) is 2.34. The second kappa shape index (κ2) is 9.36. The highest BCUT2D eigenvalue weighted by Crippen LogP contribution is 2.16. The van der Waals surface area contributed by atoms with Crippen molar-refractivity contribution in [2.24, 2.45) is 11.7 Å². The van der Waals surface area contributed by atoms with Gasteiger partial charge in [-0.3, -0.25) is 4.79 Å². The van der Waals surface area contributed by atoms with Gasteiger partial charge >= 0.3 is 0 Å². The standard InChI is InChI=1S/C13H19BrN2O.ClH/c1-2-10(9-16-13(17)8-15)6-11-4-3-5-12(14)7-11;/h3-5,7,10H,2,6,8-9,15H2,1H3,(H,16,17);1H. The summed E-state index contributed by atoms with van der Waals surface area (Å²) >= 11 is 3.46. The minimum Gasteiger partial charge on any atom is -0.355 e. The number of rotatable bonds is 6. The van der Waals surface area contributed by atoms with Crippen LogP contribution in [-0.4, -0.2) is 19.0 Å². The number of nitrogens with two attached hydrogens (primary N) is 1. The van der Waals surface area contributed by atoms with Gasteiger partial charge in [-0.1, -0.05) is 41.4 Å². The van der Waals surface area contributed by atoms with Crippen molar-refractivity contribution in [3.8, 4) is 0 Å². The molecule has 1 rings (SSSR count). The van der Waals surface area contributed by atoms with Gasteiger partial charge in [-0.05, 0) is 30.0 Å². The number of benzene rings is 1. The van der Waals surface area contributed by atoms with Crippen molar-refractivity contribution < 1.29 is 4.79 Å². The lowest BCUT2D eigenvalue weighted by molar-refractivity contribution is -0.119. The predicted molar refractivity (Wildman–Crippen MR) is 80.9 cm³/mol. The highest BCUT2D eigenvalue weighted by atomic mass is 79.9. The van der Waals surface area contributed by atoms with Crippen LogP contribution in [0.5, 0.6) is 0 Å². The van der Waals surface area contributed by atoms with Crippen molar-refractivity contribution in [1.82, 2.24) is 5.32 Å². The molecule has 5 heteroatoms. The van der Waals surface area contributed by atoms with Gasteiger partial charge in [0.15, 0.2) is 0 Å². The van der Waals surface area contributed by atoms with Gasteiger partial charge in [0.2, 0.25) is 5.91 Å². The molecule has 0 spiro atoms. The monoisotopic (exact) mass is 334 g/mol. The van der Waals surface area contributed by atoms with Crippen molar-refractivity contribution in [1.29, 1.82) is 0 Å². The second-order valence-corrected chi connectivity index (χ2v) is 5.03. The van der Waals surface area contributed by atoms with E-state index in [1.165, 1.54) is 5.56 Å². The van der Waals surface area contributed by atoms with Crippen LogP contribution in [0.3, 0.4) is 0 Å². The SMILES string of the molecule is CCC(CNC(=O)CN)Cc1cccc(Br)c1.Cl. The third kappa shape index (κ3) is 6.38. The van der Waals surface area contributed by atoms with E-state index in [2.05, 4.69) is 40.3 Å². The number of halogens is 2. The molecule has 0 fully saturated rings. The van der Waals surface area contributed by atoms with Crippen LogP contribution in [0, 0.1) is 5.92 Å². The first-order valence-electron chi connectivity index (χ1n) is 5.87. The summed E-state index contributed by atoms with van der Waals surface area (Å²) in [7, 11) is 0. The first-order chi connectivity index (χ1) is 8.15. The van der Waals surface area contributed by atoms with Gasteiger partial charge in [-0.25, -0.2) is 0 Å². The Morgan fingerprint density at radius 2 is 2.22 bits per heavy atom. The summed E-state index contributed by atoms with van der Waals surface area (Å²) in [6.07, 6.45) is 2.01. The van der Waals surface area contributed by atoms with Crippen molar-refractivity contribution in [3.63, 3.8) is 0 Å². The minimum atomic E-state index is -0.0855. The Morgan fingerprint density at radius 1 is 1.50 bits per heavy atom. The molecular formula is C13H20BrClN2O. The Morgan fingerprint density at radius 3 is 2.78 bits per heavy atom. The molecule has 3 nitrogen and oxygen atoms in total. The van der Waals surface area contributed by atoms with E-state index in [9.17, 15) is 4.79 Å². The Balaban J connectivity index is 0.00000289. The smallest absolute Gasteiger partial charge is 0.233 e. The molecule has 0 radical (unpaired) electrons. The van der Waals surface area contributed by atoms with E-state index in [1.807, 2.05) is 12.1 Å². The van der Waals surface area contributed by atoms with Crippen molar-refractivity contribution in [2.75, 3.05) is 13.1 Å². The quantitative estimate of drug-likeness (QED) is 0.839. The molecule has 1 amide bonds. The van der Waals surface area contributed by atoms with Gasteiger partial charge in [0.05, 0.1) is 6.54 Å². The number of amides is 1. The van der Waals surface area contributed by atoms with E-state index in [0.717, 1.165) is 17.3 Å². The van der Waals surface area contributed by atoms with Crippen LogP contribution >= 0.6 is 28.3 Å². The molecule has 0 heterocycles. The fourth-order valence-corrected chi connectivity index (χ4v) is 2.14. The summed E-state index contributed by atoms with van der Waals surface area (Å²) in [5, 5.41) is 2.84. The van der Waals surface area contributed by atoms with Crippen LogP contribution in [0.25, 0.3) is 0 Å². The van der Waals surface area contributed by atoms with Gasteiger partial charge in [0.1, 0.15) is 0 Å². The third-order valence-corrected chi connectivity index (χ3v) is 3.26. The Bertz CT molecular complexity index is 374. The Labute approximate surface area is 123 Å². The van der Waals surface area contributed by atoms with Gasteiger partial charge in [-0.2, -0.15) is 0 Å². The molecule has 1 unspecified atom stereocenters. The molecule has 1 aromatic carbocycles. The zero-order valence-corrected chi connectivity index (χ0v) is 12.9. The summed E-state index contributed by atoms with van der Waals surface area (Å²) in [5.41, 5.74) is 6.54. The van der Waals surface area contributed by atoms with Gasteiger partial charge in [-0.15, -0.1) is 12.4 Å². The fourth-order valence-electron chi connectivity index (χ4n) is 1.69. The van der Waals surface area contributed by atoms with E-state index in [-0.39, 0.29) is 24.9 Å². The summed E-state index contributed by atoms with van der Waals surface area (Å²) in [6.45, 7) is 2.89. The predicted octanol–water partition coefficient (Wildman–Crippen LogP) is 2.51. The number of hydrogen-bond donors (Lipinski definition) is 2. The van der Waals surface area contributed by atoms with Crippen LogP contribution in [0.1, 0.15) is 18.9 Å². The van der Waals surface area contributed by atoms with Crippen molar-refractivity contribution >= 4 is 34.2 Å². The second-order valence-electron chi connectivity index (χ2n) is 4.12. The van der Waals surface area contributed by atoms with Crippen LogP contribution in [0.4, 0.5) is 0 Å². The van der Waals surface area contributed by atoms with Gasteiger partial charge < -0.3 is 11.1 Å². The zero-order valence-electron chi connectivity index (χ0n) is 10.5. The van der Waals surface area contributed by atoms with E-state index in [1.54, 1.807) is 0 Å². The molecule has 1 aromatic rings. The highest BCUT2D eigenvalue weighted by Gasteiger charge is 2.09. The summed E-state index contributed by atoms with van der Waals surface area (Å²) in [4.78, 5) is 11.1. The van der Waals surface area contributed by atoms with Crippen LogP contribution in [0.15, 0.2) is 28.7 Å². The van der Waals surface area contributed by atoms with Crippen LogP contribution in [-0.2, 0) is 11.2 Å². The van der Waals surface area contributed by atoms with Gasteiger partial charge in [0, 0.05) is 11.0 Å². The number of carbonyl (C=O) groups is 1. The van der Waals surface area contributed by atoms with Crippen LogP contribution in [0.2, 0.25) is 0 Å². The topological polar surface area (TPSA) is 55.1 Å². The summed E-state index contributed by atoms with van der Waals surface area (Å²) < 4.78 is 1.09. The molecular weight excluding hydrogens is 316 g/mol. The van der Waals surface area contributed by atoms with Crippen molar-refractivity contribution in [2.45, 2.75) is 19.8 Å². The molecule has 0 saturated heterocycles. The maximum atomic E-state index is 11.1. The molecule has 3 N–H and O–H groups in total. The van der Waals surface area contributed by atoms with Gasteiger partial charge in [0.25, 0.3) is 0 Å². The zero-order chi connectivity index (χ0) is 12.7. The lowest BCUT2D eigenvalue weighted by Crippen LogP contribution is -2.34. The summed E-state index contributed by atoms with van der Waals surface area (Å²) in [6, 6.07) is 8.27. The molecule has 0 saturated carbocycles. The normalized spacial score (nSPS) is 11.5. The maximum absolute atomic E-state index is 11.1. The number of hydrogen-bond acceptors (Lipinski definition) is 2. The van der Waals surface area contributed by atoms with E-state index >= 15 is 0 Å². The van der Waals surface area contributed by atoms with Crippen molar-refractivity contribution in [3.05, 3.63) is 34.3 Å². The minimum absolute atomic E-state index is 0. The lowest BCUT2D eigenvalue weighted by atomic mass is 9.97. The average molecular weight is 336 g/mol. The van der Waals surface area contributed by atoms with E-state index in [4.69, 9.17) is 5.73 Å². The molecule has 0 aromatic heterocycles. The Hall–Kier alpha value is -0.580. The molecule has 0 aliphatic carbocycles.